The number of halogens is 2. The minimum atomic E-state index is -0.508. The van der Waals surface area contributed by atoms with Gasteiger partial charge in [0.2, 0.25) is 0 Å². The zero-order chi connectivity index (χ0) is 21.1. The number of carbonyl (C=O) groups is 1. The molecular formula is C21H24ClFN4O2. The van der Waals surface area contributed by atoms with E-state index >= 15 is 0 Å². The average Bonchev–Trinajstić information content (AvgIpc) is 3.08. The van der Waals surface area contributed by atoms with Crippen molar-refractivity contribution in [1.82, 2.24) is 14.6 Å². The predicted octanol–water partition coefficient (Wildman–Crippen LogP) is 4.75. The Kier molecular flexibility index (Phi) is 6.37. The van der Waals surface area contributed by atoms with E-state index in [4.69, 9.17) is 16.3 Å². The number of rotatable bonds is 7. The summed E-state index contributed by atoms with van der Waals surface area (Å²) < 4.78 is 20.3. The highest BCUT2D eigenvalue weighted by molar-refractivity contribution is 6.30. The van der Waals surface area contributed by atoms with Crippen LogP contribution in [0.2, 0.25) is 5.15 Å². The van der Waals surface area contributed by atoms with Crippen LogP contribution in [0.15, 0.2) is 30.5 Å². The fourth-order valence-electron chi connectivity index (χ4n) is 2.89. The molecule has 1 atom stereocenters. The topological polar surface area (TPSA) is 68.5 Å². The molecule has 0 saturated carbocycles. The lowest BCUT2D eigenvalue weighted by Crippen LogP contribution is -2.24. The van der Waals surface area contributed by atoms with Crippen molar-refractivity contribution in [2.45, 2.75) is 40.2 Å². The maximum absolute atomic E-state index is 13.7. The van der Waals surface area contributed by atoms with Crippen LogP contribution in [0.25, 0.3) is 5.65 Å². The van der Waals surface area contributed by atoms with E-state index in [1.807, 2.05) is 13.0 Å². The Morgan fingerprint density at radius 1 is 1.34 bits per heavy atom. The van der Waals surface area contributed by atoms with Crippen molar-refractivity contribution >= 4 is 29.0 Å². The Morgan fingerprint density at radius 2 is 2.10 bits per heavy atom. The molecule has 2 aromatic heterocycles. The van der Waals surface area contributed by atoms with Crippen LogP contribution in [0.5, 0.6) is 0 Å². The molecule has 8 heteroatoms. The molecule has 0 unspecified atom stereocenters. The third-order valence-electron chi connectivity index (χ3n) is 4.82. The SMILES string of the molecule is CCOC(=O)c1cnn2c(N[C@@H](C)C(C)C)c(Cc3cccc(F)c3)c(Cl)nc12. The standard InChI is InChI=1S/C21H24ClFN4O2/c1-5-29-21(28)17-11-24-27-19(25-13(4)12(2)3)16(18(22)26-20(17)27)10-14-7-6-8-15(23)9-14/h6-9,11-13,25H,5,10H2,1-4H3/t13-/m0/s1. The van der Waals surface area contributed by atoms with Crippen LogP contribution in [-0.4, -0.2) is 33.2 Å². The summed E-state index contributed by atoms with van der Waals surface area (Å²) in [7, 11) is 0. The molecule has 0 fully saturated rings. The van der Waals surface area contributed by atoms with Crippen molar-refractivity contribution in [3.63, 3.8) is 0 Å². The van der Waals surface area contributed by atoms with Gasteiger partial charge in [-0.15, -0.1) is 0 Å². The molecule has 2 heterocycles. The number of hydrogen-bond acceptors (Lipinski definition) is 5. The van der Waals surface area contributed by atoms with Gasteiger partial charge in [-0.25, -0.2) is 14.2 Å². The number of benzene rings is 1. The summed E-state index contributed by atoms with van der Waals surface area (Å²) in [5, 5.41) is 8.02. The van der Waals surface area contributed by atoms with Gasteiger partial charge in [0.25, 0.3) is 0 Å². The number of carbonyl (C=O) groups excluding carboxylic acids is 1. The van der Waals surface area contributed by atoms with Crippen molar-refractivity contribution < 1.29 is 13.9 Å². The Morgan fingerprint density at radius 3 is 2.76 bits per heavy atom. The van der Waals surface area contributed by atoms with Crippen LogP contribution in [0, 0.1) is 11.7 Å². The lowest BCUT2D eigenvalue weighted by atomic mass is 10.0. The van der Waals surface area contributed by atoms with Crippen LogP contribution in [-0.2, 0) is 11.2 Å². The van der Waals surface area contributed by atoms with Gasteiger partial charge in [0.05, 0.1) is 12.8 Å². The van der Waals surface area contributed by atoms with Gasteiger partial charge in [0, 0.05) is 18.0 Å². The summed E-state index contributed by atoms with van der Waals surface area (Å²) in [5.41, 5.74) is 1.99. The van der Waals surface area contributed by atoms with E-state index in [1.165, 1.54) is 18.3 Å². The van der Waals surface area contributed by atoms with Gasteiger partial charge in [-0.1, -0.05) is 37.6 Å². The van der Waals surface area contributed by atoms with E-state index in [0.29, 0.717) is 29.4 Å². The first kappa shape index (κ1) is 21.0. The molecule has 154 valence electrons. The number of hydrogen-bond donors (Lipinski definition) is 1. The molecule has 3 aromatic rings. The molecule has 0 saturated heterocycles. The van der Waals surface area contributed by atoms with Crippen molar-refractivity contribution in [3.05, 3.63) is 58.1 Å². The molecule has 0 spiro atoms. The monoisotopic (exact) mass is 418 g/mol. The van der Waals surface area contributed by atoms with Crippen LogP contribution < -0.4 is 5.32 Å². The normalized spacial score (nSPS) is 12.4. The number of nitrogens with zero attached hydrogens (tertiary/aromatic N) is 3. The summed E-state index contributed by atoms with van der Waals surface area (Å²) in [6.45, 7) is 8.22. The second kappa shape index (κ2) is 8.78. The van der Waals surface area contributed by atoms with E-state index in [9.17, 15) is 9.18 Å². The molecule has 0 aliphatic rings. The Bertz CT molecular complexity index is 1030. The first-order valence-electron chi connectivity index (χ1n) is 9.56. The molecule has 1 N–H and O–H groups in total. The van der Waals surface area contributed by atoms with E-state index in [2.05, 4.69) is 29.2 Å². The highest BCUT2D eigenvalue weighted by Gasteiger charge is 2.23. The average molecular weight is 419 g/mol. The second-order valence-corrected chi connectivity index (χ2v) is 7.59. The molecule has 1 aromatic carbocycles. The smallest absolute Gasteiger partial charge is 0.343 e. The molecule has 0 aliphatic carbocycles. The first-order chi connectivity index (χ1) is 13.8. The van der Waals surface area contributed by atoms with Crippen LogP contribution >= 0.6 is 11.6 Å². The van der Waals surface area contributed by atoms with Gasteiger partial charge in [-0.3, -0.25) is 0 Å². The lowest BCUT2D eigenvalue weighted by molar-refractivity contribution is 0.0528. The zero-order valence-electron chi connectivity index (χ0n) is 16.9. The number of fused-ring (bicyclic) bond motifs is 1. The first-order valence-corrected chi connectivity index (χ1v) is 9.93. The largest absolute Gasteiger partial charge is 0.462 e. The van der Waals surface area contributed by atoms with Gasteiger partial charge in [-0.2, -0.15) is 9.61 Å². The Balaban J connectivity index is 2.15. The molecule has 0 amide bonds. The predicted molar refractivity (Wildman–Crippen MR) is 111 cm³/mol. The second-order valence-electron chi connectivity index (χ2n) is 7.23. The van der Waals surface area contributed by atoms with Crippen molar-refractivity contribution in [2.75, 3.05) is 11.9 Å². The maximum atomic E-state index is 13.7. The number of anilines is 1. The minimum absolute atomic E-state index is 0.0955. The number of aromatic nitrogens is 3. The quantitative estimate of drug-likeness (QED) is 0.443. The van der Waals surface area contributed by atoms with Crippen molar-refractivity contribution in [2.24, 2.45) is 5.92 Å². The molecule has 0 bridgehead atoms. The van der Waals surface area contributed by atoms with E-state index < -0.39 is 5.97 Å². The van der Waals surface area contributed by atoms with Gasteiger partial charge < -0.3 is 10.1 Å². The number of ether oxygens (including phenoxy) is 1. The highest BCUT2D eigenvalue weighted by atomic mass is 35.5. The van der Waals surface area contributed by atoms with E-state index in [0.717, 1.165) is 5.56 Å². The van der Waals surface area contributed by atoms with Crippen molar-refractivity contribution in [1.29, 1.82) is 0 Å². The Labute approximate surface area is 174 Å². The summed E-state index contributed by atoms with van der Waals surface area (Å²) in [6, 6.07) is 6.43. The van der Waals surface area contributed by atoms with Crippen LogP contribution in [0.4, 0.5) is 10.2 Å². The maximum Gasteiger partial charge on any atom is 0.343 e. The molecule has 0 radical (unpaired) electrons. The zero-order valence-corrected chi connectivity index (χ0v) is 17.6. The molecule has 3 rings (SSSR count). The summed E-state index contributed by atoms with van der Waals surface area (Å²) >= 11 is 6.53. The molecule has 29 heavy (non-hydrogen) atoms. The lowest BCUT2D eigenvalue weighted by Gasteiger charge is -2.22. The van der Waals surface area contributed by atoms with Gasteiger partial charge >= 0.3 is 5.97 Å². The van der Waals surface area contributed by atoms with Crippen LogP contribution in [0.1, 0.15) is 49.2 Å². The van der Waals surface area contributed by atoms with Gasteiger partial charge in [0.15, 0.2) is 5.65 Å². The van der Waals surface area contributed by atoms with Crippen LogP contribution in [0.3, 0.4) is 0 Å². The third kappa shape index (κ3) is 4.50. The summed E-state index contributed by atoms with van der Waals surface area (Å²) in [6.07, 6.45) is 1.79. The highest BCUT2D eigenvalue weighted by Crippen LogP contribution is 2.29. The minimum Gasteiger partial charge on any atom is -0.462 e. The van der Waals surface area contributed by atoms with E-state index in [1.54, 1.807) is 17.5 Å². The summed E-state index contributed by atoms with van der Waals surface area (Å²) in [5.74, 6) is 0.133. The fourth-order valence-corrected chi connectivity index (χ4v) is 3.13. The third-order valence-corrected chi connectivity index (χ3v) is 5.14. The molecule has 0 aliphatic heterocycles. The molecule has 6 nitrogen and oxygen atoms in total. The summed E-state index contributed by atoms with van der Waals surface area (Å²) in [4.78, 5) is 16.7. The van der Waals surface area contributed by atoms with Crippen molar-refractivity contribution in [3.8, 4) is 0 Å². The Hall–Kier alpha value is -2.67. The van der Waals surface area contributed by atoms with Gasteiger partial charge in [0.1, 0.15) is 22.4 Å². The molecular weight excluding hydrogens is 395 g/mol. The number of nitrogens with one attached hydrogen (secondary N) is 1. The fraction of sp³-hybridized carbons (Fsp3) is 0.381. The van der Waals surface area contributed by atoms with E-state index in [-0.39, 0.29) is 29.2 Å². The number of esters is 1. The van der Waals surface area contributed by atoms with Gasteiger partial charge in [-0.05, 0) is 37.5 Å².